The first kappa shape index (κ1) is 24.4. The summed E-state index contributed by atoms with van der Waals surface area (Å²) in [5.41, 5.74) is 2.32. The van der Waals surface area contributed by atoms with E-state index in [-0.39, 0.29) is 5.92 Å². The highest BCUT2D eigenvalue weighted by Crippen LogP contribution is 2.19. The molecule has 1 unspecified atom stereocenters. The van der Waals surface area contributed by atoms with Gasteiger partial charge in [0.05, 0.1) is 19.5 Å². The Hall–Kier alpha value is -3.26. The van der Waals surface area contributed by atoms with Crippen molar-refractivity contribution in [2.45, 2.75) is 46.6 Å². The number of ether oxygens (including phenoxy) is 2. The number of hydrogen-bond acceptors (Lipinski definition) is 5. The molecule has 4 rings (SSSR count). The van der Waals surface area contributed by atoms with Gasteiger partial charge in [-0.15, -0.1) is 0 Å². The molecule has 0 spiro atoms. The van der Waals surface area contributed by atoms with Crippen molar-refractivity contribution in [2.24, 2.45) is 5.92 Å². The summed E-state index contributed by atoms with van der Waals surface area (Å²) in [5, 5.41) is 10.0. The number of aliphatic hydroxyl groups excluding tert-OH is 1. The maximum atomic E-state index is 10.0. The van der Waals surface area contributed by atoms with Crippen molar-refractivity contribution in [3.63, 3.8) is 0 Å². The Morgan fingerprint density at radius 1 is 0.818 bits per heavy atom. The van der Waals surface area contributed by atoms with Gasteiger partial charge >= 0.3 is 0 Å². The summed E-state index contributed by atoms with van der Waals surface area (Å²) >= 11 is 0. The van der Waals surface area contributed by atoms with Gasteiger partial charge in [-0.2, -0.15) is 0 Å². The summed E-state index contributed by atoms with van der Waals surface area (Å²) in [6.45, 7) is 6.07. The second-order valence-corrected chi connectivity index (χ2v) is 7.95. The van der Waals surface area contributed by atoms with E-state index in [1.54, 1.807) is 18.7 Å². The SMILES string of the molecule is CC(C)C(O)c1nccn1COCc1ccccc1.c1ccc(COCn2ccnc2)cc1. The normalized spacial score (nSPS) is 11.8. The van der Waals surface area contributed by atoms with E-state index in [1.807, 2.05) is 96.0 Å². The topological polar surface area (TPSA) is 74.3 Å². The average molecular weight is 449 g/mol. The molecule has 2 aromatic carbocycles. The van der Waals surface area contributed by atoms with Crippen molar-refractivity contribution in [3.8, 4) is 0 Å². The van der Waals surface area contributed by atoms with Gasteiger partial charge in [0.2, 0.25) is 0 Å². The Balaban J connectivity index is 0.000000194. The van der Waals surface area contributed by atoms with Gasteiger partial charge in [-0.1, -0.05) is 74.5 Å². The van der Waals surface area contributed by atoms with E-state index in [1.165, 1.54) is 5.56 Å². The first-order chi connectivity index (χ1) is 16.1. The zero-order valence-corrected chi connectivity index (χ0v) is 19.2. The molecule has 0 amide bonds. The highest BCUT2D eigenvalue weighted by Gasteiger charge is 2.17. The van der Waals surface area contributed by atoms with Crippen LogP contribution < -0.4 is 0 Å². The maximum Gasteiger partial charge on any atom is 0.139 e. The molecule has 0 radical (unpaired) electrons. The fourth-order valence-corrected chi connectivity index (χ4v) is 3.04. The molecule has 0 saturated heterocycles. The molecule has 2 aromatic heterocycles. The quantitative estimate of drug-likeness (QED) is 0.377. The molecule has 1 atom stereocenters. The molecule has 174 valence electrons. The Kier molecular flexibility index (Phi) is 9.85. The van der Waals surface area contributed by atoms with Crippen molar-refractivity contribution in [2.75, 3.05) is 0 Å². The van der Waals surface area contributed by atoms with E-state index in [9.17, 15) is 5.11 Å². The Bertz CT molecular complexity index is 1020. The van der Waals surface area contributed by atoms with E-state index in [2.05, 4.69) is 9.97 Å². The van der Waals surface area contributed by atoms with Crippen molar-refractivity contribution in [3.05, 3.63) is 109 Å². The molecule has 2 heterocycles. The monoisotopic (exact) mass is 448 g/mol. The van der Waals surface area contributed by atoms with Crippen molar-refractivity contribution < 1.29 is 14.6 Å². The molecular weight excluding hydrogens is 416 g/mol. The second-order valence-electron chi connectivity index (χ2n) is 7.95. The van der Waals surface area contributed by atoms with Gasteiger partial charge in [0.25, 0.3) is 0 Å². The predicted octanol–water partition coefficient (Wildman–Crippen LogP) is 4.80. The van der Waals surface area contributed by atoms with E-state index in [0.717, 1.165) is 5.56 Å². The Labute approximate surface area is 195 Å². The van der Waals surface area contributed by atoms with Crippen LogP contribution in [0.4, 0.5) is 0 Å². The third kappa shape index (κ3) is 8.31. The molecule has 0 aliphatic rings. The van der Waals surface area contributed by atoms with Gasteiger partial charge in [-0.3, -0.25) is 0 Å². The molecule has 0 aliphatic carbocycles. The summed E-state index contributed by atoms with van der Waals surface area (Å²) in [7, 11) is 0. The number of aromatic nitrogens is 4. The third-order valence-corrected chi connectivity index (χ3v) is 4.90. The van der Waals surface area contributed by atoms with Crippen LogP contribution in [0.15, 0.2) is 91.8 Å². The van der Waals surface area contributed by atoms with Crippen LogP contribution in [0.1, 0.15) is 36.9 Å². The molecule has 7 nitrogen and oxygen atoms in total. The molecular formula is C26H32N4O3. The minimum absolute atomic E-state index is 0.135. The number of aliphatic hydroxyl groups is 1. The van der Waals surface area contributed by atoms with Gasteiger partial charge in [-0.05, 0) is 17.0 Å². The number of rotatable bonds is 10. The smallest absolute Gasteiger partial charge is 0.139 e. The largest absolute Gasteiger partial charge is 0.385 e. The number of benzene rings is 2. The highest BCUT2D eigenvalue weighted by atomic mass is 16.5. The summed E-state index contributed by atoms with van der Waals surface area (Å²) in [5.74, 6) is 0.790. The average Bonchev–Trinajstić information content (AvgIpc) is 3.53. The van der Waals surface area contributed by atoms with Crippen molar-refractivity contribution >= 4 is 0 Å². The third-order valence-electron chi connectivity index (χ3n) is 4.90. The van der Waals surface area contributed by atoms with Crippen LogP contribution in [0.5, 0.6) is 0 Å². The minimum atomic E-state index is -0.560. The molecule has 4 aromatic rings. The fraction of sp³-hybridized carbons (Fsp3) is 0.308. The van der Waals surface area contributed by atoms with Crippen LogP contribution in [0, 0.1) is 5.92 Å². The molecule has 0 saturated carbocycles. The Morgan fingerprint density at radius 2 is 1.42 bits per heavy atom. The van der Waals surface area contributed by atoms with Crippen LogP contribution in [0.2, 0.25) is 0 Å². The van der Waals surface area contributed by atoms with Crippen LogP contribution in [-0.2, 0) is 36.1 Å². The highest BCUT2D eigenvalue weighted by molar-refractivity contribution is 5.14. The van der Waals surface area contributed by atoms with Gasteiger partial charge in [0.15, 0.2) is 0 Å². The lowest BCUT2D eigenvalue weighted by atomic mass is 10.1. The van der Waals surface area contributed by atoms with Gasteiger partial charge < -0.3 is 23.7 Å². The zero-order valence-electron chi connectivity index (χ0n) is 19.2. The first-order valence-electron chi connectivity index (χ1n) is 11.0. The summed E-state index contributed by atoms with van der Waals surface area (Å²) in [4.78, 5) is 8.13. The second kappa shape index (κ2) is 13.3. The van der Waals surface area contributed by atoms with E-state index < -0.39 is 6.10 Å². The van der Waals surface area contributed by atoms with Crippen molar-refractivity contribution in [1.29, 1.82) is 0 Å². The minimum Gasteiger partial charge on any atom is -0.385 e. The summed E-state index contributed by atoms with van der Waals surface area (Å²) in [6, 6.07) is 20.1. The van der Waals surface area contributed by atoms with Crippen LogP contribution in [0.25, 0.3) is 0 Å². The number of hydrogen-bond donors (Lipinski definition) is 1. The van der Waals surface area contributed by atoms with Crippen LogP contribution in [-0.4, -0.2) is 24.2 Å². The summed E-state index contributed by atoms with van der Waals surface area (Å²) in [6.07, 6.45) is 8.32. The molecule has 1 N–H and O–H groups in total. The predicted molar refractivity (Wildman–Crippen MR) is 127 cm³/mol. The zero-order chi connectivity index (χ0) is 23.3. The molecule has 0 fully saturated rings. The standard InChI is InChI=1S/C15H20N2O2.C11H12N2O/c1-12(2)14(18)15-16-8-9-17(15)11-19-10-13-6-4-3-5-7-13;1-2-4-11(5-3-1)8-14-10-13-7-6-12-9-13/h3-9,12,14,18H,10-11H2,1-2H3;1-7,9H,8,10H2. The van der Waals surface area contributed by atoms with Crippen LogP contribution >= 0.6 is 0 Å². The van der Waals surface area contributed by atoms with Gasteiger partial charge in [0, 0.05) is 24.8 Å². The lowest BCUT2D eigenvalue weighted by Gasteiger charge is -2.16. The Morgan fingerprint density at radius 3 is 1.97 bits per heavy atom. The maximum absolute atomic E-state index is 10.0. The van der Waals surface area contributed by atoms with Crippen LogP contribution in [0.3, 0.4) is 0 Å². The van der Waals surface area contributed by atoms with Gasteiger partial charge in [0.1, 0.15) is 25.4 Å². The fourth-order valence-electron chi connectivity index (χ4n) is 3.04. The van der Waals surface area contributed by atoms with E-state index in [0.29, 0.717) is 32.5 Å². The van der Waals surface area contributed by atoms with Gasteiger partial charge in [-0.25, -0.2) is 9.97 Å². The lowest BCUT2D eigenvalue weighted by Crippen LogP contribution is -2.14. The lowest BCUT2D eigenvalue weighted by molar-refractivity contribution is 0.0489. The molecule has 0 bridgehead atoms. The molecule has 7 heteroatoms. The number of imidazole rings is 2. The summed E-state index contributed by atoms with van der Waals surface area (Å²) < 4.78 is 14.9. The van der Waals surface area contributed by atoms with Crippen molar-refractivity contribution in [1.82, 2.24) is 19.1 Å². The molecule has 33 heavy (non-hydrogen) atoms. The first-order valence-corrected chi connectivity index (χ1v) is 11.0. The number of nitrogens with zero attached hydrogens (tertiary/aromatic N) is 4. The van der Waals surface area contributed by atoms with E-state index >= 15 is 0 Å². The van der Waals surface area contributed by atoms with E-state index in [4.69, 9.17) is 9.47 Å². The molecule has 0 aliphatic heterocycles.